The van der Waals surface area contributed by atoms with Crippen LogP contribution in [0.2, 0.25) is 0 Å². The predicted molar refractivity (Wildman–Crippen MR) is 65.2 cm³/mol. The Labute approximate surface area is 99.6 Å². The monoisotopic (exact) mass is 230 g/mol. The quantitative estimate of drug-likeness (QED) is 0.668. The van der Waals surface area contributed by atoms with E-state index in [4.69, 9.17) is 11.0 Å². The summed E-state index contributed by atoms with van der Waals surface area (Å²) in [4.78, 5) is 11.4. The molecule has 0 unspecified atom stereocenters. The summed E-state index contributed by atoms with van der Waals surface area (Å²) in [5, 5.41) is 14.6. The molecular weight excluding hydrogens is 216 g/mol. The van der Waals surface area contributed by atoms with E-state index in [1.54, 1.807) is 18.2 Å². The number of rotatable bonds is 4. The summed E-state index contributed by atoms with van der Waals surface area (Å²) < 4.78 is 0. The molecule has 0 saturated heterocycles. The molecule has 1 aliphatic rings. The molecule has 0 bridgehead atoms. The van der Waals surface area contributed by atoms with E-state index < -0.39 is 0 Å². The normalized spacial score (nSPS) is 13.8. The maximum atomic E-state index is 11.4. The van der Waals surface area contributed by atoms with Gasteiger partial charge in [-0.05, 0) is 31.0 Å². The number of nitrogens with one attached hydrogen (secondary N) is 2. The number of carbonyl (C=O) groups is 1. The lowest BCUT2D eigenvalue weighted by Crippen LogP contribution is -2.31. The average Bonchev–Trinajstić information content (AvgIpc) is 3.12. The highest BCUT2D eigenvalue weighted by Crippen LogP contribution is 2.19. The van der Waals surface area contributed by atoms with Gasteiger partial charge in [-0.25, -0.2) is 0 Å². The third-order valence-electron chi connectivity index (χ3n) is 2.57. The van der Waals surface area contributed by atoms with E-state index in [9.17, 15) is 4.79 Å². The SMILES string of the molecule is N#Cc1cc(NCC(=O)NC2CC2)ccc1N. The average molecular weight is 230 g/mol. The van der Waals surface area contributed by atoms with E-state index in [1.807, 2.05) is 6.07 Å². The molecule has 0 radical (unpaired) electrons. The van der Waals surface area contributed by atoms with Gasteiger partial charge in [-0.15, -0.1) is 0 Å². The number of amides is 1. The van der Waals surface area contributed by atoms with Crippen LogP contribution in [0.3, 0.4) is 0 Å². The van der Waals surface area contributed by atoms with Crippen molar-refractivity contribution in [2.75, 3.05) is 17.6 Å². The van der Waals surface area contributed by atoms with Gasteiger partial charge in [0, 0.05) is 17.4 Å². The first-order chi connectivity index (χ1) is 8.19. The molecule has 0 aromatic heterocycles. The van der Waals surface area contributed by atoms with E-state index in [-0.39, 0.29) is 12.5 Å². The number of nitrogens with zero attached hydrogens (tertiary/aromatic N) is 1. The van der Waals surface area contributed by atoms with Gasteiger partial charge in [0.05, 0.1) is 12.1 Å². The number of nitrogens with two attached hydrogens (primary N) is 1. The molecule has 2 rings (SSSR count). The third-order valence-corrected chi connectivity index (χ3v) is 2.57. The molecule has 1 amide bonds. The van der Waals surface area contributed by atoms with E-state index in [1.165, 1.54) is 0 Å². The first-order valence-corrected chi connectivity index (χ1v) is 5.52. The Hall–Kier alpha value is -2.22. The molecule has 0 atom stereocenters. The Balaban J connectivity index is 1.89. The van der Waals surface area contributed by atoms with E-state index in [0.29, 0.717) is 17.3 Å². The Morgan fingerprint density at radius 2 is 2.29 bits per heavy atom. The molecule has 4 N–H and O–H groups in total. The summed E-state index contributed by atoms with van der Waals surface area (Å²) in [6.07, 6.45) is 2.15. The van der Waals surface area contributed by atoms with Crippen LogP contribution < -0.4 is 16.4 Å². The molecule has 1 aromatic carbocycles. The van der Waals surface area contributed by atoms with Crippen molar-refractivity contribution in [1.29, 1.82) is 5.26 Å². The molecule has 1 fully saturated rings. The summed E-state index contributed by atoms with van der Waals surface area (Å²) in [7, 11) is 0. The highest BCUT2D eigenvalue weighted by molar-refractivity contribution is 5.81. The Morgan fingerprint density at radius 3 is 2.94 bits per heavy atom. The van der Waals surface area contributed by atoms with Crippen LogP contribution in [-0.2, 0) is 4.79 Å². The summed E-state index contributed by atoms with van der Waals surface area (Å²) in [5.41, 5.74) is 7.18. The van der Waals surface area contributed by atoms with Gasteiger partial charge < -0.3 is 16.4 Å². The topological polar surface area (TPSA) is 90.9 Å². The number of carbonyl (C=O) groups excluding carboxylic acids is 1. The van der Waals surface area contributed by atoms with Crippen molar-refractivity contribution in [3.8, 4) is 6.07 Å². The van der Waals surface area contributed by atoms with Gasteiger partial charge in [-0.1, -0.05) is 0 Å². The first kappa shape index (κ1) is 11.3. The smallest absolute Gasteiger partial charge is 0.239 e. The van der Waals surface area contributed by atoms with Gasteiger partial charge in [0.15, 0.2) is 0 Å². The Morgan fingerprint density at radius 1 is 1.53 bits per heavy atom. The molecule has 5 nitrogen and oxygen atoms in total. The van der Waals surface area contributed by atoms with Crippen LogP contribution in [0.25, 0.3) is 0 Å². The van der Waals surface area contributed by atoms with Crippen LogP contribution in [0.15, 0.2) is 18.2 Å². The van der Waals surface area contributed by atoms with Crippen LogP contribution in [0.4, 0.5) is 11.4 Å². The van der Waals surface area contributed by atoms with Crippen molar-refractivity contribution in [2.24, 2.45) is 0 Å². The van der Waals surface area contributed by atoms with Crippen molar-refractivity contribution >= 4 is 17.3 Å². The number of hydrogen-bond acceptors (Lipinski definition) is 4. The van der Waals surface area contributed by atoms with Gasteiger partial charge >= 0.3 is 0 Å². The van der Waals surface area contributed by atoms with Gasteiger partial charge in [0.1, 0.15) is 6.07 Å². The minimum atomic E-state index is -0.0252. The zero-order chi connectivity index (χ0) is 12.3. The number of hydrogen-bond donors (Lipinski definition) is 3. The fraction of sp³-hybridized carbons (Fsp3) is 0.333. The predicted octanol–water partition coefficient (Wildman–Crippen LogP) is 0.831. The molecule has 0 aliphatic heterocycles. The fourth-order valence-corrected chi connectivity index (χ4v) is 1.45. The van der Waals surface area contributed by atoms with Gasteiger partial charge in [-0.3, -0.25) is 4.79 Å². The van der Waals surface area contributed by atoms with Crippen molar-refractivity contribution in [2.45, 2.75) is 18.9 Å². The van der Waals surface area contributed by atoms with E-state index in [0.717, 1.165) is 18.5 Å². The second-order valence-corrected chi connectivity index (χ2v) is 4.11. The van der Waals surface area contributed by atoms with Gasteiger partial charge in [-0.2, -0.15) is 5.26 Å². The molecule has 88 valence electrons. The summed E-state index contributed by atoms with van der Waals surface area (Å²) in [6, 6.07) is 7.41. The molecule has 5 heteroatoms. The number of benzene rings is 1. The summed E-state index contributed by atoms with van der Waals surface area (Å²) in [6.45, 7) is 0.214. The summed E-state index contributed by atoms with van der Waals surface area (Å²) in [5.74, 6) is -0.0252. The number of nitriles is 1. The largest absolute Gasteiger partial charge is 0.398 e. The maximum absolute atomic E-state index is 11.4. The zero-order valence-corrected chi connectivity index (χ0v) is 9.36. The molecule has 1 aromatic rings. The van der Waals surface area contributed by atoms with Crippen LogP contribution in [0, 0.1) is 11.3 Å². The maximum Gasteiger partial charge on any atom is 0.239 e. The second-order valence-electron chi connectivity index (χ2n) is 4.11. The lowest BCUT2D eigenvalue weighted by Gasteiger charge is -2.07. The van der Waals surface area contributed by atoms with E-state index in [2.05, 4.69) is 10.6 Å². The first-order valence-electron chi connectivity index (χ1n) is 5.52. The van der Waals surface area contributed by atoms with E-state index >= 15 is 0 Å². The molecule has 17 heavy (non-hydrogen) atoms. The molecule has 1 saturated carbocycles. The number of nitrogen functional groups attached to an aromatic ring is 1. The highest BCUT2D eigenvalue weighted by Gasteiger charge is 2.22. The Bertz CT molecular complexity index is 474. The standard InChI is InChI=1S/C12H14N4O/c13-6-8-5-10(3-4-11(8)14)15-7-12(17)16-9-1-2-9/h3-5,9,15H,1-2,7,14H2,(H,16,17). The van der Waals surface area contributed by atoms with Crippen molar-refractivity contribution in [3.63, 3.8) is 0 Å². The Kier molecular flexibility index (Phi) is 3.15. The fourth-order valence-electron chi connectivity index (χ4n) is 1.45. The van der Waals surface area contributed by atoms with Crippen molar-refractivity contribution in [1.82, 2.24) is 5.32 Å². The minimum absolute atomic E-state index is 0.0252. The molecule has 0 spiro atoms. The second kappa shape index (κ2) is 4.74. The highest BCUT2D eigenvalue weighted by atomic mass is 16.2. The van der Waals surface area contributed by atoms with Crippen LogP contribution >= 0.6 is 0 Å². The lowest BCUT2D eigenvalue weighted by molar-refractivity contribution is -0.119. The van der Waals surface area contributed by atoms with Crippen LogP contribution in [0.5, 0.6) is 0 Å². The lowest BCUT2D eigenvalue weighted by atomic mass is 10.2. The van der Waals surface area contributed by atoms with Crippen LogP contribution in [0.1, 0.15) is 18.4 Å². The summed E-state index contributed by atoms with van der Waals surface area (Å²) >= 11 is 0. The molecular formula is C12H14N4O. The van der Waals surface area contributed by atoms with Gasteiger partial charge in [0.25, 0.3) is 0 Å². The third kappa shape index (κ3) is 3.11. The van der Waals surface area contributed by atoms with Crippen LogP contribution in [-0.4, -0.2) is 18.5 Å². The minimum Gasteiger partial charge on any atom is -0.398 e. The zero-order valence-electron chi connectivity index (χ0n) is 9.36. The van der Waals surface area contributed by atoms with Crippen molar-refractivity contribution < 1.29 is 4.79 Å². The van der Waals surface area contributed by atoms with Gasteiger partial charge in [0.2, 0.25) is 5.91 Å². The van der Waals surface area contributed by atoms with Crippen molar-refractivity contribution in [3.05, 3.63) is 23.8 Å². The molecule has 1 aliphatic carbocycles. The number of anilines is 2. The molecule has 0 heterocycles.